The number of nitriles is 1. The number of aryl methyl sites for hydroxylation is 1. The maximum absolute atomic E-state index is 12.3. The number of nitrogens with one attached hydrogen (secondary N) is 1. The largest absolute Gasteiger partial charge is 0.309 e. The fourth-order valence-corrected chi connectivity index (χ4v) is 2.85. The minimum Gasteiger partial charge on any atom is -0.309 e. The standard InChI is InChI=1S/C15H14N8OS/c1-2-22-15(19-20-21-22)25-10-13(24)18-14-11(8-16)9-17-23(14)12-6-4-3-5-7-12/h3-7,9H,2,10H2,1H3,(H,18,24). The van der Waals surface area contributed by atoms with E-state index in [9.17, 15) is 10.1 Å². The first-order valence-corrected chi connectivity index (χ1v) is 8.44. The Morgan fingerprint density at radius 3 is 2.88 bits per heavy atom. The smallest absolute Gasteiger partial charge is 0.236 e. The summed E-state index contributed by atoms with van der Waals surface area (Å²) in [6.45, 7) is 2.54. The third-order valence-electron chi connectivity index (χ3n) is 3.28. The Balaban J connectivity index is 1.75. The van der Waals surface area contributed by atoms with Crippen LogP contribution in [-0.4, -0.2) is 41.6 Å². The predicted molar refractivity (Wildman–Crippen MR) is 91.1 cm³/mol. The fourth-order valence-electron chi connectivity index (χ4n) is 2.11. The van der Waals surface area contributed by atoms with E-state index in [0.717, 1.165) is 5.69 Å². The molecule has 0 unspecified atom stereocenters. The maximum Gasteiger partial charge on any atom is 0.236 e. The van der Waals surface area contributed by atoms with Crippen LogP contribution in [0.1, 0.15) is 12.5 Å². The highest BCUT2D eigenvalue weighted by atomic mass is 32.2. The van der Waals surface area contributed by atoms with Gasteiger partial charge in [0.25, 0.3) is 0 Å². The number of nitrogens with zero attached hydrogens (tertiary/aromatic N) is 7. The van der Waals surface area contributed by atoms with Crippen molar-refractivity contribution in [3.63, 3.8) is 0 Å². The Morgan fingerprint density at radius 1 is 1.36 bits per heavy atom. The molecule has 0 aliphatic carbocycles. The quantitative estimate of drug-likeness (QED) is 0.667. The van der Waals surface area contributed by atoms with Crippen molar-refractivity contribution in [3.05, 3.63) is 42.1 Å². The molecule has 1 aromatic carbocycles. The SMILES string of the molecule is CCn1nnnc1SCC(=O)Nc1c(C#N)cnn1-c1ccccc1. The van der Waals surface area contributed by atoms with Gasteiger partial charge in [0.2, 0.25) is 11.1 Å². The van der Waals surface area contributed by atoms with Gasteiger partial charge in [0.05, 0.1) is 17.6 Å². The second-order valence-corrected chi connectivity index (χ2v) is 5.82. The number of carbonyl (C=O) groups is 1. The summed E-state index contributed by atoms with van der Waals surface area (Å²) < 4.78 is 3.13. The van der Waals surface area contributed by atoms with Crippen LogP contribution in [0.5, 0.6) is 0 Å². The number of hydrogen-bond acceptors (Lipinski definition) is 7. The number of para-hydroxylation sites is 1. The molecule has 3 rings (SSSR count). The first-order valence-electron chi connectivity index (χ1n) is 7.45. The van der Waals surface area contributed by atoms with E-state index in [1.807, 2.05) is 43.3 Å². The molecule has 0 bridgehead atoms. The molecule has 126 valence electrons. The third-order valence-corrected chi connectivity index (χ3v) is 4.24. The number of thioether (sulfide) groups is 1. The molecule has 0 saturated heterocycles. The molecule has 3 aromatic rings. The molecule has 2 aromatic heterocycles. The lowest BCUT2D eigenvalue weighted by Gasteiger charge is -2.09. The predicted octanol–water partition coefficient (Wildman–Crippen LogP) is 1.48. The Kier molecular flexibility index (Phi) is 5.06. The lowest BCUT2D eigenvalue weighted by Crippen LogP contribution is -2.18. The van der Waals surface area contributed by atoms with Crippen molar-refractivity contribution in [2.24, 2.45) is 0 Å². The van der Waals surface area contributed by atoms with E-state index in [4.69, 9.17) is 0 Å². The molecule has 10 heteroatoms. The molecule has 0 radical (unpaired) electrons. The van der Waals surface area contributed by atoms with E-state index in [-0.39, 0.29) is 11.7 Å². The molecule has 1 N–H and O–H groups in total. The normalized spacial score (nSPS) is 10.4. The number of amides is 1. The van der Waals surface area contributed by atoms with E-state index < -0.39 is 0 Å². The average molecular weight is 354 g/mol. The highest BCUT2D eigenvalue weighted by Gasteiger charge is 2.16. The Labute approximate surface area is 147 Å². The van der Waals surface area contributed by atoms with Crippen molar-refractivity contribution in [3.8, 4) is 11.8 Å². The van der Waals surface area contributed by atoms with E-state index in [0.29, 0.717) is 23.1 Å². The number of aromatic nitrogens is 6. The van der Waals surface area contributed by atoms with Gasteiger partial charge in [-0.25, -0.2) is 9.36 Å². The second-order valence-electron chi connectivity index (χ2n) is 4.88. The minimum atomic E-state index is -0.273. The van der Waals surface area contributed by atoms with Crippen LogP contribution < -0.4 is 5.32 Å². The zero-order chi connectivity index (χ0) is 17.6. The van der Waals surface area contributed by atoms with Gasteiger partial charge >= 0.3 is 0 Å². The lowest BCUT2D eigenvalue weighted by molar-refractivity contribution is -0.113. The molecule has 1 amide bonds. The molecule has 2 heterocycles. The molecular weight excluding hydrogens is 340 g/mol. The summed E-state index contributed by atoms with van der Waals surface area (Å²) >= 11 is 1.23. The fraction of sp³-hybridized carbons (Fsp3) is 0.200. The van der Waals surface area contributed by atoms with Crippen molar-refractivity contribution in [2.45, 2.75) is 18.6 Å². The number of tetrazole rings is 1. The van der Waals surface area contributed by atoms with Gasteiger partial charge in [-0.1, -0.05) is 30.0 Å². The second kappa shape index (κ2) is 7.59. The van der Waals surface area contributed by atoms with Gasteiger partial charge < -0.3 is 5.32 Å². The first-order chi connectivity index (χ1) is 12.2. The van der Waals surface area contributed by atoms with Crippen molar-refractivity contribution in [2.75, 3.05) is 11.1 Å². The van der Waals surface area contributed by atoms with Gasteiger partial charge in [-0.2, -0.15) is 10.4 Å². The number of hydrogen-bond donors (Lipinski definition) is 1. The van der Waals surface area contributed by atoms with Crippen molar-refractivity contribution in [1.29, 1.82) is 5.26 Å². The van der Waals surface area contributed by atoms with Crippen molar-refractivity contribution >= 4 is 23.5 Å². The summed E-state index contributed by atoms with van der Waals surface area (Å²) in [4.78, 5) is 12.3. The topological polar surface area (TPSA) is 114 Å². The van der Waals surface area contributed by atoms with Crippen LogP contribution in [-0.2, 0) is 11.3 Å². The molecule has 0 saturated carbocycles. The molecule has 25 heavy (non-hydrogen) atoms. The monoisotopic (exact) mass is 354 g/mol. The number of anilines is 1. The maximum atomic E-state index is 12.3. The number of rotatable bonds is 6. The van der Waals surface area contributed by atoms with E-state index in [1.54, 1.807) is 4.68 Å². The van der Waals surface area contributed by atoms with Crippen LogP contribution in [0.25, 0.3) is 5.69 Å². The molecule has 0 aliphatic rings. The van der Waals surface area contributed by atoms with Crippen LogP contribution >= 0.6 is 11.8 Å². The highest BCUT2D eigenvalue weighted by Crippen LogP contribution is 2.20. The van der Waals surface area contributed by atoms with Crippen LogP contribution in [0.15, 0.2) is 41.7 Å². The van der Waals surface area contributed by atoms with Crippen molar-refractivity contribution in [1.82, 2.24) is 30.0 Å². The Morgan fingerprint density at radius 2 is 2.16 bits per heavy atom. The molecule has 9 nitrogen and oxygen atoms in total. The molecule has 0 aliphatic heterocycles. The van der Waals surface area contributed by atoms with Crippen LogP contribution in [0.4, 0.5) is 5.82 Å². The molecule has 0 spiro atoms. The summed E-state index contributed by atoms with van der Waals surface area (Å²) in [7, 11) is 0. The van der Waals surface area contributed by atoms with Crippen LogP contribution in [0, 0.1) is 11.3 Å². The number of benzene rings is 1. The van der Waals surface area contributed by atoms with Crippen molar-refractivity contribution < 1.29 is 4.79 Å². The summed E-state index contributed by atoms with van der Waals surface area (Å²) in [5, 5.41) is 28.0. The van der Waals surface area contributed by atoms with Gasteiger partial charge in [-0.3, -0.25) is 4.79 Å². The van der Waals surface area contributed by atoms with Gasteiger partial charge in [0.15, 0.2) is 5.82 Å². The van der Waals surface area contributed by atoms with Gasteiger partial charge in [-0.15, -0.1) is 5.10 Å². The molecule has 0 atom stereocenters. The highest BCUT2D eigenvalue weighted by molar-refractivity contribution is 7.99. The van der Waals surface area contributed by atoms with E-state index in [1.165, 1.54) is 22.6 Å². The van der Waals surface area contributed by atoms with E-state index in [2.05, 4.69) is 25.9 Å². The lowest BCUT2D eigenvalue weighted by atomic mass is 10.3. The number of carbonyl (C=O) groups excluding carboxylic acids is 1. The van der Waals surface area contributed by atoms with E-state index >= 15 is 0 Å². The van der Waals surface area contributed by atoms with Gasteiger partial charge in [0.1, 0.15) is 11.6 Å². The molecule has 0 fully saturated rings. The first kappa shape index (κ1) is 16.7. The van der Waals surface area contributed by atoms with Gasteiger partial charge in [-0.05, 0) is 29.5 Å². The minimum absolute atomic E-state index is 0.116. The van der Waals surface area contributed by atoms with Crippen LogP contribution in [0.3, 0.4) is 0 Å². The Bertz CT molecular complexity index is 911. The summed E-state index contributed by atoms with van der Waals surface area (Å²) in [6.07, 6.45) is 1.42. The van der Waals surface area contributed by atoms with Crippen LogP contribution in [0.2, 0.25) is 0 Å². The Hall–Kier alpha value is -3.19. The van der Waals surface area contributed by atoms with Gasteiger partial charge in [0, 0.05) is 6.54 Å². The zero-order valence-electron chi connectivity index (χ0n) is 13.3. The summed E-state index contributed by atoms with van der Waals surface area (Å²) in [6, 6.07) is 11.3. The zero-order valence-corrected chi connectivity index (χ0v) is 14.1. The average Bonchev–Trinajstić information content (AvgIpc) is 3.26. The molecular formula is C15H14N8OS. The summed E-state index contributed by atoms with van der Waals surface area (Å²) in [5.74, 6) is 0.185. The third kappa shape index (κ3) is 3.67. The summed E-state index contributed by atoms with van der Waals surface area (Å²) in [5.41, 5.74) is 1.04.